The number of carbonyl (C=O) groups excluding carboxylic acids is 1. The molecule has 1 amide bonds. The van der Waals surface area contributed by atoms with E-state index in [0.717, 1.165) is 0 Å². The molecule has 32 heavy (non-hydrogen) atoms. The van der Waals surface area contributed by atoms with E-state index in [-0.39, 0.29) is 17.5 Å². The number of carbonyl (C=O) groups is 3. The summed E-state index contributed by atoms with van der Waals surface area (Å²) >= 11 is 6.14. The van der Waals surface area contributed by atoms with Crippen molar-refractivity contribution < 1.29 is 29.7 Å². The molecular formula is C23H19ClN2O6. The van der Waals surface area contributed by atoms with Crippen LogP contribution in [0.4, 0.5) is 0 Å². The molecule has 3 aromatic rings. The summed E-state index contributed by atoms with van der Waals surface area (Å²) in [6.45, 7) is 0. The average Bonchev–Trinajstić information content (AvgIpc) is 2.79. The molecule has 164 valence electrons. The fourth-order valence-electron chi connectivity index (χ4n) is 3.20. The molecule has 0 aliphatic heterocycles. The number of aromatic carboxylic acids is 1. The second kappa shape index (κ2) is 10.0. The maximum absolute atomic E-state index is 12.9. The highest BCUT2D eigenvalue weighted by Gasteiger charge is 2.28. The standard InChI is InChI=1S/C23H19ClN2O6/c24-18-8-4-1-5-13(18)10-19(20(27)23(31)32)26-21(28)15-9-14(11-25-12-15)16-6-2-3-7-17(16)22(29)30/h1-9,11-12,19-20,27H,10H2,(H,26,28)(H,29,30)(H,31,32). The van der Waals surface area contributed by atoms with E-state index in [0.29, 0.717) is 21.7 Å². The summed E-state index contributed by atoms with van der Waals surface area (Å²) in [5.74, 6) is -3.30. The molecule has 0 fully saturated rings. The van der Waals surface area contributed by atoms with Gasteiger partial charge in [-0.25, -0.2) is 9.59 Å². The first-order valence-electron chi connectivity index (χ1n) is 9.51. The van der Waals surface area contributed by atoms with Crippen molar-refractivity contribution in [1.29, 1.82) is 0 Å². The Morgan fingerprint density at radius 1 is 1.00 bits per heavy atom. The van der Waals surface area contributed by atoms with E-state index in [4.69, 9.17) is 11.6 Å². The number of aliphatic hydroxyl groups excluding tert-OH is 1. The molecule has 1 aromatic heterocycles. The predicted octanol–water partition coefficient (Wildman–Crippen LogP) is 2.89. The van der Waals surface area contributed by atoms with Gasteiger partial charge in [0.15, 0.2) is 6.10 Å². The van der Waals surface area contributed by atoms with Gasteiger partial charge >= 0.3 is 11.9 Å². The van der Waals surface area contributed by atoms with Crippen molar-refractivity contribution in [2.24, 2.45) is 0 Å². The lowest BCUT2D eigenvalue weighted by Gasteiger charge is -2.22. The maximum Gasteiger partial charge on any atom is 0.336 e. The highest BCUT2D eigenvalue weighted by Crippen LogP contribution is 2.24. The Bertz CT molecular complexity index is 1170. The number of halogens is 1. The lowest BCUT2D eigenvalue weighted by Crippen LogP contribution is -2.48. The van der Waals surface area contributed by atoms with Crippen LogP contribution in [-0.2, 0) is 11.2 Å². The van der Waals surface area contributed by atoms with Gasteiger partial charge in [0.1, 0.15) is 0 Å². The quantitative estimate of drug-likeness (QED) is 0.410. The molecule has 0 saturated heterocycles. The summed E-state index contributed by atoms with van der Waals surface area (Å²) in [6, 6.07) is 13.3. The fraction of sp³-hybridized carbons (Fsp3) is 0.130. The molecule has 3 rings (SSSR count). The number of rotatable bonds is 8. The zero-order valence-corrected chi connectivity index (χ0v) is 17.4. The van der Waals surface area contributed by atoms with Crippen LogP contribution in [0.15, 0.2) is 67.0 Å². The number of aliphatic carboxylic acids is 1. The first-order valence-corrected chi connectivity index (χ1v) is 9.88. The highest BCUT2D eigenvalue weighted by atomic mass is 35.5. The van der Waals surface area contributed by atoms with E-state index in [1.54, 1.807) is 42.5 Å². The third-order valence-electron chi connectivity index (χ3n) is 4.82. The van der Waals surface area contributed by atoms with Gasteiger partial charge in [-0.05, 0) is 35.7 Å². The molecule has 0 spiro atoms. The van der Waals surface area contributed by atoms with Crippen LogP contribution in [0.1, 0.15) is 26.3 Å². The van der Waals surface area contributed by atoms with Crippen molar-refractivity contribution in [2.45, 2.75) is 18.6 Å². The van der Waals surface area contributed by atoms with Crippen molar-refractivity contribution in [3.8, 4) is 11.1 Å². The Kier molecular flexibility index (Phi) is 7.19. The lowest BCUT2D eigenvalue weighted by molar-refractivity contribution is -0.148. The van der Waals surface area contributed by atoms with Gasteiger partial charge in [-0.3, -0.25) is 9.78 Å². The molecule has 0 bridgehead atoms. The molecule has 0 aliphatic carbocycles. The summed E-state index contributed by atoms with van der Waals surface area (Å²) in [4.78, 5) is 39.7. The van der Waals surface area contributed by atoms with E-state index in [9.17, 15) is 29.7 Å². The molecule has 4 N–H and O–H groups in total. The summed E-state index contributed by atoms with van der Waals surface area (Å²) in [5.41, 5.74) is 1.45. The number of carboxylic acid groups (broad SMARTS) is 2. The van der Waals surface area contributed by atoms with Crippen LogP contribution >= 0.6 is 11.6 Å². The zero-order chi connectivity index (χ0) is 23.3. The van der Waals surface area contributed by atoms with Crippen LogP contribution in [0, 0.1) is 0 Å². The number of nitrogens with zero attached hydrogens (tertiary/aromatic N) is 1. The maximum atomic E-state index is 12.9. The van der Waals surface area contributed by atoms with Crippen molar-refractivity contribution in [2.75, 3.05) is 0 Å². The summed E-state index contributed by atoms with van der Waals surface area (Å²) in [7, 11) is 0. The molecule has 1 heterocycles. The molecule has 2 unspecified atom stereocenters. The number of hydrogen-bond donors (Lipinski definition) is 4. The third-order valence-corrected chi connectivity index (χ3v) is 5.19. The summed E-state index contributed by atoms with van der Waals surface area (Å²) in [5, 5.41) is 31.7. The van der Waals surface area contributed by atoms with Crippen LogP contribution in [0.5, 0.6) is 0 Å². The molecule has 8 nitrogen and oxygen atoms in total. The van der Waals surface area contributed by atoms with E-state index in [1.165, 1.54) is 24.5 Å². The van der Waals surface area contributed by atoms with Gasteiger partial charge in [-0.1, -0.05) is 48.0 Å². The first-order chi connectivity index (χ1) is 15.3. The van der Waals surface area contributed by atoms with E-state index in [2.05, 4.69) is 10.3 Å². The minimum Gasteiger partial charge on any atom is -0.479 e. The van der Waals surface area contributed by atoms with Gasteiger partial charge in [-0.2, -0.15) is 0 Å². The summed E-state index contributed by atoms with van der Waals surface area (Å²) < 4.78 is 0. The Morgan fingerprint density at radius 3 is 2.38 bits per heavy atom. The number of hydrogen-bond acceptors (Lipinski definition) is 5. The molecular weight excluding hydrogens is 436 g/mol. The number of benzene rings is 2. The molecule has 9 heteroatoms. The number of aromatic nitrogens is 1. The monoisotopic (exact) mass is 454 g/mol. The Morgan fingerprint density at radius 2 is 1.69 bits per heavy atom. The normalized spacial score (nSPS) is 12.6. The summed E-state index contributed by atoms with van der Waals surface area (Å²) in [6.07, 6.45) is 0.792. The minimum atomic E-state index is -1.88. The molecule has 2 aromatic carbocycles. The minimum absolute atomic E-state index is 0.0200. The Labute approximate surface area is 188 Å². The molecule has 0 saturated carbocycles. The van der Waals surface area contributed by atoms with Gasteiger partial charge in [0, 0.05) is 23.0 Å². The van der Waals surface area contributed by atoms with Crippen molar-refractivity contribution in [3.05, 3.63) is 88.7 Å². The third kappa shape index (κ3) is 5.29. The Hall–Kier alpha value is -3.75. The van der Waals surface area contributed by atoms with Gasteiger partial charge in [0.05, 0.1) is 17.2 Å². The van der Waals surface area contributed by atoms with Crippen molar-refractivity contribution in [3.63, 3.8) is 0 Å². The smallest absolute Gasteiger partial charge is 0.336 e. The zero-order valence-electron chi connectivity index (χ0n) is 16.6. The Balaban J connectivity index is 1.89. The number of carboxylic acids is 2. The largest absolute Gasteiger partial charge is 0.479 e. The number of pyridine rings is 1. The van der Waals surface area contributed by atoms with Gasteiger partial charge < -0.3 is 20.6 Å². The topological polar surface area (TPSA) is 137 Å². The van der Waals surface area contributed by atoms with E-state index >= 15 is 0 Å². The fourth-order valence-corrected chi connectivity index (χ4v) is 3.41. The van der Waals surface area contributed by atoms with Crippen molar-refractivity contribution in [1.82, 2.24) is 10.3 Å². The van der Waals surface area contributed by atoms with Crippen LogP contribution < -0.4 is 5.32 Å². The first kappa shape index (κ1) is 22.9. The average molecular weight is 455 g/mol. The van der Waals surface area contributed by atoms with Gasteiger partial charge in [0.25, 0.3) is 5.91 Å². The van der Waals surface area contributed by atoms with E-state index < -0.39 is 30.0 Å². The second-order valence-corrected chi connectivity index (χ2v) is 7.38. The van der Waals surface area contributed by atoms with E-state index in [1.807, 2.05) is 0 Å². The number of aliphatic hydroxyl groups is 1. The lowest BCUT2D eigenvalue weighted by atomic mass is 9.99. The number of nitrogens with one attached hydrogen (secondary N) is 1. The molecule has 0 aliphatic rings. The predicted molar refractivity (Wildman–Crippen MR) is 117 cm³/mol. The SMILES string of the molecule is O=C(NC(Cc1ccccc1Cl)C(O)C(=O)O)c1cncc(-c2ccccc2C(=O)O)c1. The van der Waals surface area contributed by atoms with Crippen LogP contribution in [0.3, 0.4) is 0 Å². The van der Waals surface area contributed by atoms with Gasteiger partial charge in [0.2, 0.25) is 0 Å². The van der Waals surface area contributed by atoms with Crippen LogP contribution in [0.25, 0.3) is 11.1 Å². The van der Waals surface area contributed by atoms with Crippen LogP contribution in [-0.4, -0.2) is 50.3 Å². The number of amides is 1. The highest BCUT2D eigenvalue weighted by molar-refractivity contribution is 6.31. The van der Waals surface area contributed by atoms with Crippen molar-refractivity contribution >= 4 is 29.4 Å². The van der Waals surface area contributed by atoms with Crippen LogP contribution in [0.2, 0.25) is 5.02 Å². The molecule has 2 atom stereocenters. The van der Waals surface area contributed by atoms with Gasteiger partial charge in [-0.15, -0.1) is 0 Å². The molecule has 0 radical (unpaired) electrons. The second-order valence-electron chi connectivity index (χ2n) is 6.97.